The molecule has 30 heteroatoms. The Morgan fingerprint density at radius 1 is 0.726 bits per heavy atom. The average Bonchev–Trinajstić information content (AvgIpc) is 1.68. The van der Waals surface area contributed by atoms with Crippen LogP contribution in [0.15, 0.2) is 66.7 Å². The van der Waals surface area contributed by atoms with Gasteiger partial charge >= 0.3 is 0 Å². The molecule has 5 heterocycles. The van der Waals surface area contributed by atoms with Crippen LogP contribution >= 0.6 is 11.3 Å². The molecule has 95 heavy (non-hydrogen) atoms. The van der Waals surface area contributed by atoms with Gasteiger partial charge in [0, 0.05) is 99.9 Å². The van der Waals surface area contributed by atoms with Crippen LogP contribution in [0, 0.1) is 11.8 Å². The van der Waals surface area contributed by atoms with Crippen molar-refractivity contribution in [2.24, 2.45) is 11.8 Å². The molecule has 7 amide bonds. The number of hydrogen-bond donors (Lipinski definition) is 15. The normalized spacial score (nSPS) is 26.8. The van der Waals surface area contributed by atoms with Crippen LogP contribution in [0.1, 0.15) is 81.1 Å². The first-order chi connectivity index (χ1) is 45.5. The maximum atomic E-state index is 15.0. The molecule has 4 saturated heterocycles. The average molecular weight is 1340 g/mol. The maximum absolute atomic E-state index is 15.0. The molecule has 9 rings (SSSR count). The number of nitrogens with one attached hydrogen (secondary N) is 6. The number of aromatic nitrogens is 2. The van der Waals surface area contributed by atoms with E-state index in [4.69, 9.17) is 4.74 Å². The Morgan fingerprint density at radius 2 is 1.36 bits per heavy atom. The molecular formula is C65H90N12O17S. The van der Waals surface area contributed by atoms with Crippen molar-refractivity contribution in [2.45, 2.75) is 151 Å². The topological polar surface area (TPSA) is 422 Å². The van der Waals surface area contributed by atoms with E-state index in [-0.39, 0.29) is 42.1 Å². The molecule has 4 aromatic rings. The Balaban J connectivity index is 0.958. The molecule has 0 radical (unpaired) electrons. The number of aromatic hydroxyl groups is 1. The fourth-order valence-electron chi connectivity index (χ4n) is 13.1. The second-order valence-corrected chi connectivity index (χ2v) is 26.6. The number of carbonyl (C=O) groups is 7. The minimum Gasteiger partial charge on any atom is -0.504 e. The number of hydrogen-bond acceptors (Lipinski definition) is 23. The van der Waals surface area contributed by atoms with Crippen LogP contribution in [0.3, 0.4) is 0 Å². The van der Waals surface area contributed by atoms with Gasteiger partial charge in [-0.1, -0.05) is 55.7 Å². The van der Waals surface area contributed by atoms with Crippen molar-refractivity contribution in [1.82, 2.24) is 56.8 Å². The molecule has 5 aliphatic rings. The SMILES string of the molecule is COc1cc(C[C@@H](O)[C@@H]2NC(=O)[C@@H]3C[C@@H](O)CN3C(=O)[C@H]([C@@H](C)O)NC(=O)C(NC(=O)c3ccc(-c4nnc(-c5ccc(N6CCN(CC7CCCCC7)CC6)cc5)s4)cc3)C[C@@H](O)CNC(=O)[C@@H]3[C@@H](O)[C@@H](C)CN3C(=O)[C@H]([C@H](O)CCNC(CO)CO)NC2=O)ccc1O. The zero-order valence-corrected chi connectivity index (χ0v) is 54.4. The summed E-state index contributed by atoms with van der Waals surface area (Å²) < 4.78 is 5.22. The zero-order chi connectivity index (χ0) is 68.2. The van der Waals surface area contributed by atoms with Crippen LogP contribution in [0.2, 0.25) is 0 Å². The quantitative estimate of drug-likeness (QED) is 0.0464. The fourth-order valence-corrected chi connectivity index (χ4v) is 14.0. The summed E-state index contributed by atoms with van der Waals surface area (Å²) in [6, 6.07) is 6.43. The number of phenols is 1. The summed E-state index contributed by atoms with van der Waals surface area (Å²) in [6.07, 6.45) is -5.47. The number of piperazine rings is 1. The Hall–Kier alpha value is -7.49. The number of amides is 7. The predicted molar refractivity (Wildman–Crippen MR) is 346 cm³/mol. The molecule has 4 aliphatic heterocycles. The number of benzene rings is 3. The van der Waals surface area contributed by atoms with Crippen LogP contribution in [0.4, 0.5) is 5.69 Å². The van der Waals surface area contributed by atoms with Gasteiger partial charge in [0.25, 0.3) is 5.91 Å². The number of anilines is 1. The third-order valence-electron chi connectivity index (χ3n) is 18.7. The smallest absolute Gasteiger partial charge is 0.251 e. The largest absolute Gasteiger partial charge is 0.504 e. The zero-order valence-electron chi connectivity index (χ0n) is 53.5. The summed E-state index contributed by atoms with van der Waals surface area (Å²) in [6.45, 7) is 5.06. The molecule has 0 bridgehead atoms. The molecule has 15 N–H and O–H groups in total. The summed E-state index contributed by atoms with van der Waals surface area (Å²) >= 11 is 1.35. The number of nitrogens with zero attached hydrogens (tertiary/aromatic N) is 6. The van der Waals surface area contributed by atoms with E-state index in [1.165, 1.54) is 94.4 Å². The lowest BCUT2D eigenvalue weighted by atomic mass is 9.89. The van der Waals surface area contributed by atoms with Crippen molar-refractivity contribution in [2.75, 3.05) is 84.1 Å². The summed E-state index contributed by atoms with van der Waals surface area (Å²) in [7, 11) is 1.27. The lowest BCUT2D eigenvalue weighted by Crippen LogP contribution is -2.64. The third-order valence-corrected chi connectivity index (χ3v) is 19.7. The highest BCUT2D eigenvalue weighted by atomic mass is 32.1. The molecule has 1 saturated carbocycles. The van der Waals surface area contributed by atoms with Gasteiger partial charge in [-0.25, -0.2) is 0 Å². The fraction of sp³-hybridized carbons (Fsp3) is 0.585. The van der Waals surface area contributed by atoms with Gasteiger partial charge in [0.05, 0.1) is 63.0 Å². The predicted octanol–water partition coefficient (Wildman–Crippen LogP) is -2.43. The summed E-state index contributed by atoms with van der Waals surface area (Å²) in [4.78, 5) is 109. The highest BCUT2D eigenvalue weighted by Crippen LogP contribution is 2.33. The molecule has 1 unspecified atom stereocenters. The Morgan fingerprint density at radius 3 is 2.00 bits per heavy atom. The highest BCUT2D eigenvalue weighted by Gasteiger charge is 2.50. The van der Waals surface area contributed by atoms with E-state index in [9.17, 15) is 79.5 Å². The number of β-amino-alcohol motifs (C(OH)–C–C–N with tert-alkyl or cyclic N) is 1. The second kappa shape index (κ2) is 33.0. The van der Waals surface area contributed by atoms with Crippen LogP contribution in [0.5, 0.6) is 11.5 Å². The lowest BCUT2D eigenvalue weighted by Gasteiger charge is -2.38. The summed E-state index contributed by atoms with van der Waals surface area (Å²) in [5.74, 6) is -8.00. The summed E-state index contributed by atoms with van der Waals surface area (Å²) in [5, 5.41) is 124. The molecule has 518 valence electrons. The van der Waals surface area contributed by atoms with Crippen LogP contribution in [-0.2, 0) is 35.2 Å². The van der Waals surface area contributed by atoms with E-state index in [2.05, 4.69) is 64.0 Å². The molecule has 13 atom stereocenters. The van der Waals surface area contributed by atoms with E-state index < -0.39 is 172 Å². The second-order valence-electron chi connectivity index (χ2n) is 25.6. The van der Waals surface area contributed by atoms with E-state index in [0.717, 1.165) is 60.1 Å². The Kier molecular flexibility index (Phi) is 24.9. The first-order valence-electron chi connectivity index (χ1n) is 32.6. The molecule has 3 aromatic carbocycles. The number of phenolic OH excluding ortho intramolecular Hbond substituents is 1. The van der Waals surface area contributed by atoms with Crippen molar-refractivity contribution >= 4 is 58.4 Å². The number of aliphatic hydroxyl groups is 8. The van der Waals surface area contributed by atoms with E-state index in [1.54, 1.807) is 12.1 Å². The Labute approximate surface area is 554 Å². The molecule has 29 nitrogen and oxygen atoms in total. The molecule has 1 aliphatic carbocycles. The van der Waals surface area contributed by atoms with Crippen molar-refractivity contribution < 1.29 is 84.3 Å². The first-order valence-corrected chi connectivity index (χ1v) is 33.4. The van der Waals surface area contributed by atoms with Gasteiger partial charge < -0.3 is 97.3 Å². The minimum absolute atomic E-state index is 0.0228. The van der Waals surface area contributed by atoms with E-state index in [0.29, 0.717) is 15.6 Å². The molecular weight excluding hydrogens is 1250 g/mol. The number of aliphatic hydroxyl groups excluding tert-OH is 8. The minimum atomic E-state index is -2.07. The third kappa shape index (κ3) is 18.0. The van der Waals surface area contributed by atoms with Crippen LogP contribution in [-0.4, -0.2) is 270 Å². The Bertz CT molecular complexity index is 3280. The molecule has 0 spiro atoms. The van der Waals surface area contributed by atoms with Gasteiger partial charge in [-0.05, 0) is 92.7 Å². The number of rotatable bonds is 19. The summed E-state index contributed by atoms with van der Waals surface area (Å²) in [5.41, 5.74) is 2.93. The van der Waals surface area contributed by atoms with Gasteiger partial charge in [-0.2, -0.15) is 0 Å². The first kappa shape index (κ1) is 71.8. The standard InChI is InChI=1S/C65H90N12O17S/c1-35-30-77-55(56(35)86)61(91)67-29-44(81)27-46(68-57(87)39-10-12-40(13-11-39)62-72-73-63(95-62)41-14-16-43(17-15-41)75-23-21-74(22-24-75)31-37-7-5-4-6-8-37)58(88)69-52(36(2)80)64(92)76-32-45(82)28-47(76)59(89)70-53(50(85)25-38-9-18-48(83)51(26-38)94-3)60(90)71-54(65(77)93)49(84)19-20-66-42(33-78)34-79/h9-18,26,35-37,42,44-47,49-50,52-56,66,78-86H,4-8,19-25,27-34H2,1-3H3,(H,67,91)(H,68,87)(H,69,88)(H,70,89)(H,71,90)/t35-,36+,44+,45+,46?,47-,49+,50+,52-,53-,54-,55-,56-/m0/s1. The highest BCUT2D eigenvalue weighted by molar-refractivity contribution is 7.17. The number of methoxy groups -OCH3 is 1. The number of fused-ring (bicyclic) bond motifs is 2. The number of carbonyl (C=O) groups excluding carboxylic acids is 7. The monoisotopic (exact) mass is 1340 g/mol. The van der Waals surface area contributed by atoms with Crippen molar-refractivity contribution in [3.05, 3.63) is 77.9 Å². The van der Waals surface area contributed by atoms with Gasteiger partial charge in [0.1, 0.15) is 46.3 Å². The van der Waals surface area contributed by atoms with E-state index >= 15 is 0 Å². The van der Waals surface area contributed by atoms with Gasteiger partial charge in [-0.15, -0.1) is 10.2 Å². The number of ether oxygens (including phenoxy) is 1. The van der Waals surface area contributed by atoms with Crippen LogP contribution in [0.25, 0.3) is 21.1 Å². The van der Waals surface area contributed by atoms with Crippen LogP contribution < -0.4 is 41.5 Å². The van der Waals surface area contributed by atoms with Gasteiger partial charge in [0.15, 0.2) is 11.5 Å². The maximum Gasteiger partial charge on any atom is 0.251 e. The van der Waals surface area contributed by atoms with Crippen molar-refractivity contribution in [3.63, 3.8) is 0 Å². The van der Waals surface area contributed by atoms with Gasteiger partial charge in [-0.3, -0.25) is 38.5 Å². The molecule has 5 fully saturated rings. The van der Waals surface area contributed by atoms with Crippen molar-refractivity contribution in [3.8, 4) is 32.6 Å². The van der Waals surface area contributed by atoms with Crippen molar-refractivity contribution in [1.29, 1.82) is 0 Å². The van der Waals surface area contributed by atoms with Gasteiger partial charge in [0.2, 0.25) is 35.4 Å². The molecule has 1 aromatic heterocycles. The lowest BCUT2D eigenvalue weighted by molar-refractivity contribution is -0.147. The van der Waals surface area contributed by atoms with E-state index in [1.807, 2.05) is 12.1 Å².